The molecule has 0 amide bonds. The quantitative estimate of drug-likeness (QED) is 0.778. The summed E-state index contributed by atoms with van der Waals surface area (Å²) in [6.07, 6.45) is 1.79. The smallest absolute Gasteiger partial charge is 0.125 e. The summed E-state index contributed by atoms with van der Waals surface area (Å²) in [5.74, 6) is 0.796. The van der Waals surface area contributed by atoms with E-state index in [1.54, 1.807) is 6.20 Å². The van der Waals surface area contributed by atoms with Gasteiger partial charge in [-0.15, -0.1) is 0 Å². The minimum absolute atomic E-state index is 0.689. The van der Waals surface area contributed by atoms with Crippen LogP contribution in [0.1, 0.15) is 11.5 Å². The monoisotopic (exact) mass is 327 g/mol. The highest BCUT2D eigenvalue weighted by Gasteiger charge is 2.04. The second-order valence-corrected chi connectivity index (χ2v) is 5.44. The summed E-state index contributed by atoms with van der Waals surface area (Å²) in [5, 5.41) is 5.85. The summed E-state index contributed by atoms with van der Waals surface area (Å²) in [6.45, 7) is 2.59. The van der Waals surface area contributed by atoms with E-state index >= 15 is 0 Å². The standard InChI is InChI=1S/C16H14BrN3/c1-11-18-9-8-12(20-11)10-19-16-7-6-15(17)13-4-2-3-5-14(13)16/h2-9,19H,10H2,1H3. The zero-order valence-electron chi connectivity index (χ0n) is 11.1. The van der Waals surface area contributed by atoms with Gasteiger partial charge in [0.25, 0.3) is 0 Å². The summed E-state index contributed by atoms with van der Waals surface area (Å²) >= 11 is 3.59. The first kappa shape index (κ1) is 13.1. The zero-order valence-corrected chi connectivity index (χ0v) is 12.7. The lowest BCUT2D eigenvalue weighted by molar-refractivity contribution is 0.956. The molecule has 0 saturated heterocycles. The average molecular weight is 328 g/mol. The molecule has 0 aliphatic carbocycles. The van der Waals surface area contributed by atoms with Gasteiger partial charge in [-0.25, -0.2) is 9.97 Å². The van der Waals surface area contributed by atoms with Crippen LogP contribution in [0.5, 0.6) is 0 Å². The van der Waals surface area contributed by atoms with E-state index in [4.69, 9.17) is 0 Å². The molecule has 1 N–H and O–H groups in total. The number of aryl methyl sites for hydroxylation is 1. The number of rotatable bonds is 3. The maximum absolute atomic E-state index is 4.40. The lowest BCUT2D eigenvalue weighted by Gasteiger charge is -2.10. The van der Waals surface area contributed by atoms with E-state index in [1.807, 2.05) is 19.1 Å². The van der Waals surface area contributed by atoms with Crippen molar-refractivity contribution in [1.82, 2.24) is 9.97 Å². The Morgan fingerprint density at radius 2 is 1.85 bits per heavy atom. The normalized spacial score (nSPS) is 10.7. The van der Waals surface area contributed by atoms with Gasteiger partial charge in [-0.2, -0.15) is 0 Å². The first-order chi connectivity index (χ1) is 9.74. The summed E-state index contributed by atoms with van der Waals surface area (Å²) < 4.78 is 1.11. The van der Waals surface area contributed by atoms with Gasteiger partial charge in [-0.05, 0) is 30.5 Å². The predicted octanol–water partition coefficient (Wildman–Crippen LogP) is 4.31. The number of nitrogens with zero attached hydrogens (tertiary/aromatic N) is 2. The molecular weight excluding hydrogens is 314 g/mol. The van der Waals surface area contributed by atoms with Crippen LogP contribution in [-0.2, 0) is 6.54 Å². The third-order valence-electron chi connectivity index (χ3n) is 3.16. The van der Waals surface area contributed by atoms with Crippen molar-refractivity contribution in [2.24, 2.45) is 0 Å². The van der Waals surface area contributed by atoms with E-state index in [9.17, 15) is 0 Å². The molecule has 0 saturated carbocycles. The number of hydrogen-bond donors (Lipinski definition) is 1. The third-order valence-corrected chi connectivity index (χ3v) is 3.86. The van der Waals surface area contributed by atoms with E-state index in [1.165, 1.54) is 10.8 Å². The van der Waals surface area contributed by atoms with E-state index < -0.39 is 0 Å². The molecule has 1 heterocycles. The fourth-order valence-electron chi connectivity index (χ4n) is 2.21. The predicted molar refractivity (Wildman–Crippen MR) is 85.7 cm³/mol. The van der Waals surface area contributed by atoms with E-state index in [2.05, 4.69) is 61.5 Å². The van der Waals surface area contributed by atoms with Crippen LogP contribution < -0.4 is 5.32 Å². The first-order valence-electron chi connectivity index (χ1n) is 6.44. The molecule has 0 aliphatic heterocycles. The Hall–Kier alpha value is -1.94. The van der Waals surface area contributed by atoms with Crippen molar-refractivity contribution in [2.75, 3.05) is 5.32 Å². The SMILES string of the molecule is Cc1nccc(CNc2ccc(Br)c3ccccc23)n1. The molecule has 0 unspecified atom stereocenters. The molecule has 100 valence electrons. The van der Waals surface area contributed by atoms with Gasteiger partial charge in [-0.1, -0.05) is 40.2 Å². The molecule has 3 aromatic rings. The number of halogens is 1. The molecular formula is C16H14BrN3. The lowest BCUT2D eigenvalue weighted by atomic mass is 10.1. The fourth-order valence-corrected chi connectivity index (χ4v) is 2.68. The van der Waals surface area contributed by atoms with E-state index in [0.717, 1.165) is 21.7 Å². The topological polar surface area (TPSA) is 37.8 Å². The molecule has 1 aromatic heterocycles. The number of hydrogen-bond acceptors (Lipinski definition) is 3. The van der Waals surface area contributed by atoms with Crippen molar-refractivity contribution in [1.29, 1.82) is 0 Å². The van der Waals surface area contributed by atoms with Crippen LogP contribution in [0, 0.1) is 6.92 Å². The first-order valence-corrected chi connectivity index (χ1v) is 7.23. The minimum atomic E-state index is 0.689. The molecule has 0 atom stereocenters. The van der Waals surface area contributed by atoms with Crippen LogP contribution in [0.4, 0.5) is 5.69 Å². The Morgan fingerprint density at radius 1 is 1.05 bits per heavy atom. The van der Waals surface area contributed by atoms with Crippen molar-refractivity contribution in [3.05, 3.63) is 64.7 Å². The molecule has 2 aromatic carbocycles. The van der Waals surface area contributed by atoms with Gasteiger partial charge in [0, 0.05) is 21.7 Å². The third kappa shape index (κ3) is 2.65. The van der Waals surface area contributed by atoms with Crippen molar-refractivity contribution in [3.8, 4) is 0 Å². The molecule has 0 radical (unpaired) electrons. The second kappa shape index (κ2) is 5.59. The largest absolute Gasteiger partial charge is 0.379 e. The molecule has 20 heavy (non-hydrogen) atoms. The maximum atomic E-state index is 4.40. The number of fused-ring (bicyclic) bond motifs is 1. The zero-order chi connectivity index (χ0) is 13.9. The van der Waals surface area contributed by atoms with Crippen LogP contribution in [-0.4, -0.2) is 9.97 Å². The Morgan fingerprint density at radius 3 is 2.65 bits per heavy atom. The van der Waals surface area contributed by atoms with Crippen LogP contribution in [0.2, 0.25) is 0 Å². The van der Waals surface area contributed by atoms with Gasteiger partial charge in [0.05, 0.1) is 12.2 Å². The molecule has 0 aliphatic rings. The molecule has 3 nitrogen and oxygen atoms in total. The van der Waals surface area contributed by atoms with Gasteiger partial charge < -0.3 is 5.32 Å². The van der Waals surface area contributed by atoms with E-state index in [0.29, 0.717) is 6.54 Å². The average Bonchev–Trinajstić information content (AvgIpc) is 2.47. The van der Waals surface area contributed by atoms with E-state index in [-0.39, 0.29) is 0 Å². The summed E-state index contributed by atoms with van der Waals surface area (Å²) in [6, 6.07) is 14.4. The maximum Gasteiger partial charge on any atom is 0.125 e. The Kier molecular flexibility index (Phi) is 3.65. The Balaban J connectivity index is 1.90. The lowest BCUT2D eigenvalue weighted by Crippen LogP contribution is -2.03. The molecule has 0 spiro atoms. The molecule has 4 heteroatoms. The van der Waals surface area contributed by atoms with Crippen molar-refractivity contribution < 1.29 is 0 Å². The fraction of sp³-hybridized carbons (Fsp3) is 0.125. The van der Waals surface area contributed by atoms with Crippen molar-refractivity contribution in [3.63, 3.8) is 0 Å². The van der Waals surface area contributed by atoms with Crippen LogP contribution >= 0.6 is 15.9 Å². The Labute approximate surface area is 126 Å². The number of benzene rings is 2. The molecule has 3 rings (SSSR count). The summed E-state index contributed by atoms with van der Waals surface area (Å²) in [4.78, 5) is 8.51. The molecule has 0 fully saturated rings. The number of nitrogens with one attached hydrogen (secondary N) is 1. The van der Waals surface area contributed by atoms with Gasteiger partial charge in [-0.3, -0.25) is 0 Å². The minimum Gasteiger partial charge on any atom is -0.379 e. The van der Waals surface area contributed by atoms with Gasteiger partial charge in [0.15, 0.2) is 0 Å². The summed E-state index contributed by atoms with van der Waals surface area (Å²) in [5.41, 5.74) is 2.10. The second-order valence-electron chi connectivity index (χ2n) is 4.59. The number of aromatic nitrogens is 2. The van der Waals surface area contributed by atoms with Gasteiger partial charge >= 0.3 is 0 Å². The number of anilines is 1. The van der Waals surface area contributed by atoms with Gasteiger partial charge in [0.2, 0.25) is 0 Å². The van der Waals surface area contributed by atoms with Crippen LogP contribution in [0.15, 0.2) is 53.1 Å². The van der Waals surface area contributed by atoms with Gasteiger partial charge in [0.1, 0.15) is 5.82 Å². The summed E-state index contributed by atoms with van der Waals surface area (Å²) in [7, 11) is 0. The van der Waals surface area contributed by atoms with Crippen molar-refractivity contribution in [2.45, 2.75) is 13.5 Å². The van der Waals surface area contributed by atoms with Crippen LogP contribution in [0.25, 0.3) is 10.8 Å². The molecule has 0 bridgehead atoms. The highest BCUT2D eigenvalue weighted by atomic mass is 79.9. The Bertz CT molecular complexity index is 756. The highest BCUT2D eigenvalue weighted by Crippen LogP contribution is 2.30. The highest BCUT2D eigenvalue weighted by molar-refractivity contribution is 9.10. The van der Waals surface area contributed by atoms with Crippen LogP contribution in [0.3, 0.4) is 0 Å². The van der Waals surface area contributed by atoms with Crippen molar-refractivity contribution >= 4 is 32.4 Å².